The highest BCUT2D eigenvalue weighted by Crippen LogP contribution is 2.30. The first kappa shape index (κ1) is 22.5. The van der Waals surface area contributed by atoms with Gasteiger partial charge in [0, 0.05) is 57.0 Å². The molecule has 35 heavy (non-hydrogen) atoms. The number of anilines is 1. The largest absolute Gasteiger partial charge is 0.492 e. The van der Waals surface area contributed by atoms with Crippen LogP contribution >= 0.6 is 0 Å². The van der Waals surface area contributed by atoms with E-state index in [0.29, 0.717) is 50.6 Å². The summed E-state index contributed by atoms with van der Waals surface area (Å²) in [6.45, 7) is 5.42. The molecule has 1 aliphatic heterocycles. The summed E-state index contributed by atoms with van der Waals surface area (Å²) >= 11 is 0. The number of benzene rings is 2. The lowest BCUT2D eigenvalue weighted by Gasteiger charge is -2.36. The lowest BCUT2D eigenvalue weighted by Crippen LogP contribution is -2.49. The minimum Gasteiger partial charge on any atom is -0.492 e. The van der Waals surface area contributed by atoms with Crippen molar-refractivity contribution in [3.05, 3.63) is 88.3 Å². The van der Waals surface area contributed by atoms with E-state index in [1.807, 2.05) is 52.8 Å². The van der Waals surface area contributed by atoms with Gasteiger partial charge >= 0.3 is 0 Å². The van der Waals surface area contributed by atoms with E-state index in [0.717, 1.165) is 22.5 Å². The molecule has 0 saturated carbocycles. The second-order valence-electron chi connectivity index (χ2n) is 8.39. The van der Waals surface area contributed by atoms with E-state index in [4.69, 9.17) is 9.15 Å². The number of rotatable bonds is 7. The number of nitrogens with zero attached hydrogens (tertiary/aromatic N) is 4. The number of hydrogen-bond donors (Lipinski definition) is 0. The number of nitro benzene ring substituents is 1. The molecule has 0 bridgehead atoms. The highest BCUT2D eigenvalue weighted by Gasteiger charge is 2.27. The first-order valence-electron chi connectivity index (χ1n) is 11.6. The van der Waals surface area contributed by atoms with Gasteiger partial charge in [0.25, 0.3) is 11.6 Å². The summed E-state index contributed by atoms with van der Waals surface area (Å²) < 4.78 is 13.2. The Balaban J connectivity index is 1.36. The van der Waals surface area contributed by atoms with Gasteiger partial charge in [-0.1, -0.05) is 24.3 Å². The Kier molecular flexibility index (Phi) is 6.13. The fourth-order valence-corrected chi connectivity index (χ4v) is 4.58. The van der Waals surface area contributed by atoms with Gasteiger partial charge in [0.2, 0.25) is 0 Å². The van der Waals surface area contributed by atoms with Crippen molar-refractivity contribution < 1.29 is 18.9 Å². The zero-order valence-electron chi connectivity index (χ0n) is 19.4. The normalized spacial score (nSPS) is 13.9. The molecule has 1 amide bonds. The standard InChI is InChI=1S/C26H26N4O5/c1-2-34-24-9-4-3-8-21(24)27-11-13-28(14-12-27)26(31)23-17-25-22(10-15-35-25)29(23)18-19-6-5-7-20(16-19)30(32)33/h3-10,15-17H,2,11-14,18H2,1H3. The van der Waals surface area contributed by atoms with Crippen LogP contribution in [0.3, 0.4) is 0 Å². The molecule has 2 aromatic heterocycles. The molecular weight excluding hydrogens is 448 g/mol. The number of carbonyl (C=O) groups excluding carboxylic acids is 1. The highest BCUT2D eigenvalue weighted by atomic mass is 16.6. The van der Waals surface area contributed by atoms with Gasteiger partial charge in [0.15, 0.2) is 5.58 Å². The molecule has 180 valence electrons. The Hall–Kier alpha value is -4.27. The molecule has 0 N–H and O–H groups in total. The number of fused-ring (bicyclic) bond motifs is 1. The molecule has 0 aliphatic carbocycles. The molecule has 3 heterocycles. The molecule has 0 spiro atoms. The van der Waals surface area contributed by atoms with Gasteiger partial charge in [-0.05, 0) is 24.6 Å². The molecule has 1 fully saturated rings. The molecule has 0 atom stereocenters. The second kappa shape index (κ2) is 9.54. The van der Waals surface area contributed by atoms with Gasteiger partial charge in [-0.15, -0.1) is 0 Å². The van der Waals surface area contributed by atoms with Gasteiger partial charge in [-0.25, -0.2) is 0 Å². The summed E-state index contributed by atoms with van der Waals surface area (Å²) in [6, 6.07) is 18.0. The van der Waals surface area contributed by atoms with Gasteiger partial charge in [-0.3, -0.25) is 14.9 Å². The van der Waals surface area contributed by atoms with E-state index in [9.17, 15) is 14.9 Å². The van der Waals surface area contributed by atoms with Crippen molar-refractivity contribution in [1.82, 2.24) is 9.47 Å². The van der Waals surface area contributed by atoms with Gasteiger partial charge < -0.3 is 23.5 Å². The topological polar surface area (TPSA) is 94.0 Å². The van der Waals surface area contributed by atoms with E-state index in [1.165, 1.54) is 12.1 Å². The maximum atomic E-state index is 13.6. The van der Waals surface area contributed by atoms with Crippen molar-refractivity contribution in [3.63, 3.8) is 0 Å². The Morgan fingerprint density at radius 2 is 1.86 bits per heavy atom. The fourth-order valence-electron chi connectivity index (χ4n) is 4.58. The van der Waals surface area contributed by atoms with E-state index >= 15 is 0 Å². The number of aromatic nitrogens is 1. The van der Waals surface area contributed by atoms with E-state index < -0.39 is 4.92 Å². The molecule has 0 unspecified atom stereocenters. The molecule has 1 saturated heterocycles. The maximum Gasteiger partial charge on any atom is 0.270 e. The Morgan fingerprint density at radius 1 is 1.06 bits per heavy atom. The van der Waals surface area contributed by atoms with Crippen LogP contribution < -0.4 is 9.64 Å². The minimum atomic E-state index is -0.415. The number of ether oxygens (including phenoxy) is 1. The third-order valence-electron chi connectivity index (χ3n) is 6.28. The summed E-state index contributed by atoms with van der Waals surface area (Å²) in [7, 11) is 0. The Morgan fingerprint density at radius 3 is 2.63 bits per heavy atom. The predicted molar refractivity (Wildman–Crippen MR) is 132 cm³/mol. The Bertz CT molecular complexity index is 1370. The van der Waals surface area contributed by atoms with Crippen molar-refractivity contribution in [1.29, 1.82) is 0 Å². The first-order valence-corrected chi connectivity index (χ1v) is 11.6. The average Bonchev–Trinajstić information content (AvgIpc) is 3.47. The number of non-ortho nitro benzene ring substituents is 1. The van der Waals surface area contributed by atoms with Crippen LogP contribution in [0.5, 0.6) is 5.75 Å². The first-order chi connectivity index (χ1) is 17.0. The Labute approximate surface area is 202 Å². The van der Waals surface area contributed by atoms with E-state index in [-0.39, 0.29) is 11.6 Å². The van der Waals surface area contributed by atoms with Crippen molar-refractivity contribution in [3.8, 4) is 5.75 Å². The van der Waals surface area contributed by atoms with E-state index in [1.54, 1.807) is 18.4 Å². The number of amides is 1. The number of nitro groups is 1. The van der Waals surface area contributed by atoms with Gasteiger partial charge in [0.05, 0.1) is 29.0 Å². The molecule has 4 aromatic rings. The predicted octanol–water partition coefficient (Wildman–Crippen LogP) is 4.55. The number of carbonyl (C=O) groups is 1. The summed E-state index contributed by atoms with van der Waals surface area (Å²) in [5.41, 5.74) is 3.70. The summed E-state index contributed by atoms with van der Waals surface area (Å²) in [6.07, 6.45) is 1.58. The van der Waals surface area contributed by atoms with Crippen LogP contribution in [0.15, 0.2) is 71.3 Å². The van der Waals surface area contributed by atoms with E-state index in [2.05, 4.69) is 4.90 Å². The van der Waals surface area contributed by atoms with Crippen molar-refractivity contribution in [2.24, 2.45) is 0 Å². The second-order valence-corrected chi connectivity index (χ2v) is 8.39. The van der Waals surface area contributed by atoms with Crippen molar-refractivity contribution in [2.75, 3.05) is 37.7 Å². The number of para-hydroxylation sites is 2. The van der Waals surface area contributed by atoms with Crippen molar-refractivity contribution in [2.45, 2.75) is 13.5 Å². The molecule has 5 rings (SSSR count). The summed E-state index contributed by atoms with van der Waals surface area (Å²) in [4.78, 5) is 28.5. The van der Waals surface area contributed by atoms with Crippen LogP contribution in [0.1, 0.15) is 23.0 Å². The van der Waals surface area contributed by atoms with Gasteiger partial charge in [-0.2, -0.15) is 0 Å². The van der Waals surface area contributed by atoms with Crippen LogP contribution in [-0.2, 0) is 6.54 Å². The van der Waals surface area contributed by atoms with Crippen LogP contribution in [0, 0.1) is 10.1 Å². The maximum absolute atomic E-state index is 13.6. The third kappa shape index (κ3) is 4.44. The zero-order valence-corrected chi connectivity index (χ0v) is 19.4. The monoisotopic (exact) mass is 474 g/mol. The third-order valence-corrected chi connectivity index (χ3v) is 6.28. The highest BCUT2D eigenvalue weighted by molar-refractivity contribution is 5.97. The lowest BCUT2D eigenvalue weighted by atomic mass is 10.2. The molecular formula is C26H26N4O5. The fraction of sp³-hybridized carbons (Fsp3) is 0.269. The average molecular weight is 475 g/mol. The molecule has 9 nitrogen and oxygen atoms in total. The molecule has 2 aromatic carbocycles. The van der Waals surface area contributed by atoms with Crippen LogP contribution in [0.2, 0.25) is 0 Å². The van der Waals surface area contributed by atoms with Crippen LogP contribution in [0.25, 0.3) is 11.1 Å². The summed E-state index contributed by atoms with van der Waals surface area (Å²) in [5, 5.41) is 11.2. The van der Waals surface area contributed by atoms with Gasteiger partial charge in [0.1, 0.15) is 11.4 Å². The van der Waals surface area contributed by atoms with Crippen LogP contribution in [-0.4, -0.2) is 53.1 Å². The molecule has 0 radical (unpaired) electrons. The smallest absolute Gasteiger partial charge is 0.270 e. The minimum absolute atomic E-state index is 0.0226. The number of furan rings is 1. The summed E-state index contributed by atoms with van der Waals surface area (Å²) in [5.74, 6) is 0.764. The van der Waals surface area contributed by atoms with Crippen LogP contribution in [0.4, 0.5) is 11.4 Å². The number of hydrogen-bond acceptors (Lipinski definition) is 6. The SMILES string of the molecule is CCOc1ccccc1N1CCN(C(=O)c2cc3occc3n2Cc2cccc([N+](=O)[O-])c2)CC1. The lowest BCUT2D eigenvalue weighted by molar-refractivity contribution is -0.384. The zero-order chi connectivity index (χ0) is 24.4. The van der Waals surface area contributed by atoms with Crippen molar-refractivity contribution >= 4 is 28.4 Å². The number of piperazine rings is 1. The molecule has 1 aliphatic rings. The quantitative estimate of drug-likeness (QED) is 0.288. The molecule has 9 heteroatoms.